The van der Waals surface area contributed by atoms with Gasteiger partial charge in [0.15, 0.2) is 0 Å². The number of nitrogens with zero attached hydrogens (tertiary/aromatic N) is 5. The van der Waals surface area contributed by atoms with Gasteiger partial charge < -0.3 is 15.3 Å². The van der Waals surface area contributed by atoms with Crippen molar-refractivity contribution in [2.24, 2.45) is 0 Å². The number of fused-ring (bicyclic) bond motifs is 2. The average molecular weight is 588 g/mol. The van der Waals surface area contributed by atoms with Gasteiger partial charge in [0.25, 0.3) is 0 Å². The molecule has 6 rings (SSSR count). The first-order chi connectivity index (χ1) is 20.7. The molecule has 0 saturated heterocycles. The summed E-state index contributed by atoms with van der Waals surface area (Å²) in [7, 11) is 0. The smallest absolute Gasteiger partial charge is 0.872 e. The zero-order valence-corrected chi connectivity index (χ0v) is 24.9. The van der Waals surface area contributed by atoms with Crippen LogP contribution in [-0.4, -0.2) is 27.3 Å². The summed E-state index contributed by atoms with van der Waals surface area (Å²) in [6, 6.07) is 33.0. The van der Waals surface area contributed by atoms with Crippen molar-refractivity contribution in [2.45, 2.75) is 13.8 Å². The molecule has 6 aromatic rings. The maximum Gasteiger partial charge on any atom is 3.00 e. The largest absolute Gasteiger partial charge is 3.00 e. The summed E-state index contributed by atoms with van der Waals surface area (Å²) in [4.78, 5) is 8.24. The summed E-state index contributed by atoms with van der Waals surface area (Å²) in [5, 5.41) is 61.3. The molecule has 2 aromatic heterocycles. The van der Waals surface area contributed by atoms with Crippen LogP contribution in [0.25, 0.3) is 32.9 Å². The molecule has 0 radical (unpaired) electrons. The molecule has 0 fully saturated rings. The molecule has 0 saturated carbocycles. The van der Waals surface area contributed by atoms with E-state index in [9.17, 15) is 15.3 Å². The number of pyridine rings is 2. The van der Waals surface area contributed by atoms with Gasteiger partial charge >= 0.3 is 17.4 Å². The van der Waals surface area contributed by atoms with Crippen molar-refractivity contribution >= 4 is 39.2 Å². The topological polar surface area (TPSA) is 166 Å². The van der Waals surface area contributed by atoms with Gasteiger partial charge in [-0.1, -0.05) is 60.0 Å². The second kappa shape index (κ2) is 14.8. The Labute approximate surface area is 265 Å². The molecular weight excluding hydrogens is 565 g/mol. The fourth-order valence-electron chi connectivity index (χ4n) is 4.16. The van der Waals surface area contributed by atoms with Crippen LogP contribution in [0.3, 0.4) is 0 Å². The molecular formula is C35H22AlN5O3. The van der Waals surface area contributed by atoms with Gasteiger partial charge in [0, 0.05) is 22.2 Å². The first kappa shape index (κ1) is 32.6. The molecule has 8 nitrogen and oxygen atoms in total. The Bertz CT molecular complexity index is 1960. The van der Waals surface area contributed by atoms with E-state index >= 15 is 0 Å². The fourth-order valence-corrected chi connectivity index (χ4v) is 4.16. The van der Waals surface area contributed by atoms with Gasteiger partial charge in [-0.15, -0.1) is 5.75 Å². The van der Waals surface area contributed by atoms with Gasteiger partial charge in [0.1, 0.15) is 0 Å². The van der Waals surface area contributed by atoms with Crippen molar-refractivity contribution in [1.29, 1.82) is 15.8 Å². The molecule has 2 heterocycles. The third-order valence-corrected chi connectivity index (χ3v) is 6.36. The number of aromatic nitrogens is 2. The summed E-state index contributed by atoms with van der Waals surface area (Å²) in [5.74, 6) is -0.266. The molecule has 44 heavy (non-hydrogen) atoms. The molecule has 0 atom stereocenters. The number of aryl methyl sites for hydroxylation is 2. The Morgan fingerprint density at radius 1 is 0.500 bits per heavy atom. The van der Waals surface area contributed by atoms with Gasteiger partial charge in [-0.2, -0.15) is 15.8 Å². The Morgan fingerprint density at radius 2 is 0.909 bits per heavy atom. The first-order valence-corrected chi connectivity index (χ1v) is 13.0. The molecule has 0 aliphatic rings. The molecule has 0 unspecified atom stereocenters. The molecule has 0 aliphatic carbocycles. The molecule has 0 spiro atoms. The van der Waals surface area contributed by atoms with Gasteiger partial charge in [0.05, 0.1) is 45.9 Å². The third kappa shape index (κ3) is 7.68. The number of nitriles is 3. The fraction of sp³-hybridized carbons (Fsp3) is 0.0571. The van der Waals surface area contributed by atoms with E-state index in [4.69, 9.17) is 15.8 Å². The molecule has 0 amide bonds. The molecule has 0 bridgehead atoms. The van der Waals surface area contributed by atoms with Crippen molar-refractivity contribution in [3.63, 3.8) is 0 Å². The minimum absolute atomic E-state index is 0. The maximum absolute atomic E-state index is 11.4. The van der Waals surface area contributed by atoms with Crippen LogP contribution in [0.5, 0.6) is 17.2 Å². The normalized spacial score (nSPS) is 9.61. The Kier molecular flexibility index (Phi) is 11.0. The predicted octanol–water partition coefficient (Wildman–Crippen LogP) is 4.90. The zero-order valence-electron chi connectivity index (χ0n) is 23.8. The summed E-state index contributed by atoms with van der Waals surface area (Å²) in [5.41, 5.74) is 5.94. The SMILES string of the molecule is Cc1ccc2c(C#N)ccc([O-])c2n1.Cc1ccc2c(C#N)ccc([O-])c2n1.N#Cc1ccc(-c2ccc([O-])cc2)cc1.[Al+3]. The van der Waals surface area contributed by atoms with Gasteiger partial charge in [-0.05, 0) is 73.5 Å². The second-order valence-corrected chi connectivity index (χ2v) is 9.36. The van der Waals surface area contributed by atoms with E-state index in [0.717, 1.165) is 22.5 Å². The van der Waals surface area contributed by atoms with Crippen LogP contribution in [0, 0.1) is 47.8 Å². The van der Waals surface area contributed by atoms with Crippen LogP contribution in [0.1, 0.15) is 28.1 Å². The minimum atomic E-state index is -0.136. The van der Waals surface area contributed by atoms with E-state index in [1.807, 2.05) is 38.1 Å². The van der Waals surface area contributed by atoms with Crippen molar-refractivity contribution in [1.82, 2.24) is 9.97 Å². The first-order valence-electron chi connectivity index (χ1n) is 13.0. The van der Waals surface area contributed by atoms with Crippen LogP contribution in [0.15, 0.2) is 97.1 Å². The quantitative estimate of drug-likeness (QED) is 0.245. The van der Waals surface area contributed by atoms with Crippen molar-refractivity contribution < 1.29 is 15.3 Å². The molecule has 208 valence electrons. The standard InChI is InChI=1S/C13H9NO.2C11H8N2O.Al/c14-9-10-1-3-11(4-2-10)12-5-7-13(15)8-6-12;2*1-7-2-4-9-8(6-12)3-5-10(14)11(9)13-7;/h1-8,15H;2*2-5,14H,1H3;/q;;;+3/p-3. The molecule has 0 aliphatic heterocycles. The maximum atomic E-state index is 11.4. The van der Waals surface area contributed by atoms with Crippen molar-refractivity contribution in [2.75, 3.05) is 0 Å². The van der Waals surface area contributed by atoms with E-state index < -0.39 is 0 Å². The minimum Gasteiger partial charge on any atom is -0.872 e. The van der Waals surface area contributed by atoms with Crippen molar-refractivity contribution in [3.05, 3.63) is 125 Å². The van der Waals surface area contributed by atoms with Crippen LogP contribution in [0.4, 0.5) is 0 Å². The average Bonchev–Trinajstić information content (AvgIpc) is 3.03. The number of hydrogen-bond acceptors (Lipinski definition) is 8. The van der Waals surface area contributed by atoms with Crippen LogP contribution in [-0.2, 0) is 0 Å². The van der Waals surface area contributed by atoms with E-state index in [1.54, 1.807) is 48.5 Å². The summed E-state index contributed by atoms with van der Waals surface area (Å²) in [6.45, 7) is 3.63. The Hall–Kier alpha value is -5.90. The summed E-state index contributed by atoms with van der Waals surface area (Å²) < 4.78 is 0. The van der Waals surface area contributed by atoms with E-state index in [-0.39, 0.29) is 34.6 Å². The monoisotopic (exact) mass is 587 g/mol. The van der Waals surface area contributed by atoms with Crippen LogP contribution in [0.2, 0.25) is 0 Å². The van der Waals surface area contributed by atoms with Gasteiger partial charge in [-0.25, -0.2) is 0 Å². The van der Waals surface area contributed by atoms with E-state index in [0.29, 0.717) is 38.5 Å². The van der Waals surface area contributed by atoms with Crippen LogP contribution < -0.4 is 15.3 Å². The molecule has 0 N–H and O–H groups in total. The van der Waals surface area contributed by atoms with E-state index in [2.05, 4.69) is 16.0 Å². The van der Waals surface area contributed by atoms with Crippen LogP contribution >= 0.6 is 0 Å². The molecule has 9 heteroatoms. The third-order valence-electron chi connectivity index (χ3n) is 6.36. The predicted molar refractivity (Wildman–Crippen MR) is 163 cm³/mol. The summed E-state index contributed by atoms with van der Waals surface area (Å²) in [6.07, 6.45) is 0. The zero-order chi connectivity index (χ0) is 30.9. The molecule has 4 aromatic carbocycles. The van der Waals surface area contributed by atoms with Crippen molar-refractivity contribution in [3.8, 4) is 46.6 Å². The number of benzene rings is 4. The summed E-state index contributed by atoms with van der Waals surface area (Å²) >= 11 is 0. The number of rotatable bonds is 1. The Morgan fingerprint density at radius 3 is 1.30 bits per heavy atom. The van der Waals surface area contributed by atoms with Gasteiger partial charge in [-0.3, -0.25) is 9.97 Å². The second-order valence-electron chi connectivity index (χ2n) is 9.36. The number of hydrogen-bond donors (Lipinski definition) is 0. The van der Waals surface area contributed by atoms with Gasteiger partial charge in [0.2, 0.25) is 0 Å². The Balaban J connectivity index is 0.000000178. The van der Waals surface area contributed by atoms with E-state index in [1.165, 1.54) is 36.4 Å².